The monoisotopic (exact) mass is 412 g/mol. The van der Waals surface area contributed by atoms with Crippen LogP contribution in [0.5, 0.6) is 0 Å². The van der Waals surface area contributed by atoms with Crippen LogP contribution in [0.1, 0.15) is 5.56 Å². The molecule has 0 unspecified atom stereocenters. The highest BCUT2D eigenvalue weighted by Gasteiger charge is 2.21. The summed E-state index contributed by atoms with van der Waals surface area (Å²) in [6, 6.07) is 9.43. The molecule has 0 amide bonds. The molecule has 1 aromatic carbocycles. The van der Waals surface area contributed by atoms with E-state index in [0.717, 1.165) is 10.1 Å². The number of hydrogen-bond donors (Lipinski definition) is 2. The van der Waals surface area contributed by atoms with Gasteiger partial charge in [-0.05, 0) is 5.56 Å². The highest BCUT2D eigenvalue weighted by atomic mass is 16.5. The third-order valence-electron chi connectivity index (χ3n) is 4.46. The van der Waals surface area contributed by atoms with E-state index in [1.54, 1.807) is 12.3 Å². The number of rotatable bonds is 9. The molecule has 1 atom stereocenters. The van der Waals surface area contributed by atoms with Crippen molar-refractivity contribution in [1.82, 2.24) is 18.7 Å². The smallest absolute Gasteiger partial charge is 0.332 e. The van der Waals surface area contributed by atoms with Crippen LogP contribution in [0, 0.1) is 0 Å². The third kappa shape index (κ3) is 4.39. The lowest BCUT2D eigenvalue weighted by Crippen LogP contribution is -2.38. The van der Waals surface area contributed by atoms with E-state index in [0.29, 0.717) is 6.61 Å². The van der Waals surface area contributed by atoms with E-state index >= 15 is 0 Å². The van der Waals surface area contributed by atoms with E-state index < -0.39 is 17.4 Å². The van der Waals surface area contributed by atoms with E-state index in [1.807, 2.05) is 30.3 Å². The molecule has 3 aromatic rings. The molecule has 10 nitrogen and oxygen atoms in total. The van der Waals surface area contributed by atoms with Gasteiger partial charge in [0.2, 0.25) is 5.95 Å². The molecule has 0 fully saturated rings. The molecule has 0 saturated heterocycles. The van der Waals surface area contributed by atoms with Gasteiger partial charge in [-0.1, -0.05) is 36.4 Å². The zero-order valence-electron chi connectivity index (χ0n) is 16.9. The van der Waals surface area contributed by atoms with Crippen molar-refractivity contribution in [2.75, 3.05) is 18.6 Å². The maximum absolute atomic E-state index is 12.8. The fourth-order valence-corrected chi connectivity index (χ4v) is 2.96. The zero-order valence-corrected chi connectivity index (χ0v) is 16.9. The summed E-state index contributed by atoms with van der Waals surface area (Å²) in [6.07, 6.45) is 2.27. The topological polar surface area (TPSA) is 116 Å². The molecule has 0 aliphatic rings. The molecular formula is C20H24N6O4. The van der Waals surface area contributed by atoms with Gasteiger partial charge in [0.05, 0.1) is 32.1 Å². The van der Waals surface area contributed by atoms with Gasteiger partial charge >= 0.3 is 5.69 Å². The van der Waals surface area contributed by atoms with Crippen molar-refractivity contribution in [2.45, 2.75) is 12.6 Å². The molecule has 2 N–H and O–H groups in total. The second kappa shape index (κ2) is 9.33. The number of nitrogens with zero attached hydrogens (tertiary/aromatic N) is 5. The normalized spacial score (nSPS) is 12.5. The standard InChI is InChI=1S/C20H24N6O4/c1-4-10-30-13-15(27)12-26-16-17(24(2)20(29)25(3)18(16)28)22-19(26)23-21-11-14-8-6-5-7-9-14/h4-9,11,15,27H,1,10,12-13H2,2-3H3,(H,22,23)/b21-11-/t15-/m1/s1. The lowest BCUT2D eigenvalue weighted by molar-refractivity contribution is 0.0405. The van der Waals surface area contributed by atoms with Gasteiger partial charge in [0, 0.05) is 14.1 Å². The number of aryl methyl sites for hydroxylation is 1. The lowest BCUT2D eigenvalue weighted by Gasteiger charge is -2.14. The summed E-state index contributed by atoms with van der Waals surface area (Å²) in [7, 11) is 2.92. The molecule has 0 saturated carbocycles. The summed E-state index contributed by atoms with van der Waals surface area (Å²) in [4.78, 5) is 29.4. The first-order chi connectivity index (χ1) is 14.4. The number of ether oxygens (including phenoxy) is 1. The van der Waals surface area contributed by atoms with Gasteiger partial charge in [0.15, 0.2) is 11.2 Å². The summed E-state index contributed by atoms with van der Waals surface area (Å²) in [6.45, 7) is 3.92. The number of aliphatic hydroxyl groups is 1. The van der Waals surface area contributed by atoms with Crippen molar-refractivity contribution in [3.63, 3.8) is 0 Å². The fraction of sp³-hybridized carbons (Fsp3) is 0.300. The molecule has 3 rings (SSSR count). The number of benzene rings is 1. The van der Waals surface area contributed by atoms with Gasteiger partial charge in [-0.15, -0.1) is 6.58 Å². The molecule has 0 aliphatic heterocycles. The van der Waals surface area contributed by atoms with Crippen molar-refractivity contribution in [2.24, 2.45) is 19.2 Å². The molecule has 2 aromatic heterocycles. The third-order valence-corrected chi connectivity index (χ3v) is 4.46. The maximum atomic E-state index is 12.8. The fourth-order valence-electron chi connectivity index (χ4n) is 2.96. The van der Waals surface area contributed by atoms with Crippen LogP contribution in [0.4, 0.5) is 5.95 Å². The second-order valence-electron chi connectivity index (χ2n) is 6.68. The Morgan fingerprint density at radius 3 is 2.70 bits per heavy atom. The molecule has 0 spiro atoms. The number of hydrogen-bond acceptors (Lipinski definition) is 7. The minimum absolute atomic E-state index is 0.0181. The van der Waals surface area contributed by atoms with Crippen molar-refractivity contribution < 1.29 is 9.84 Å². The van der Waals surface area contributed by atoms with Crippen molar-refractivity contribution >= 4 is 23.3 Å². The first kappa shape index (κ1) is 21.2. The molecular weight excluding hydrogens is 388 g/mol. The summed E-state index contributed by atoms with van der Waals surface area (Å²) in [5, 5.41) is 14.5. The first-order valence-corrected chi connectivity index (χ1v) is 9.31. The average molecular weight is 412 g/mol. The predicted octanol–water partition coefficient (Wildman–Crippen LogP) is 0.443. The van der Waals surface area contributed by atoms with Crippen LogP contribution < -0.4 is 16.7 Å². The van der Waals surface area contributed by atoms with Crippen LogP contribution in [0.3, 0.4) is 0 Å². The SMILES string of the molecule is C=CCOC[C@H](O)Cn1c(N/N=C\c2ccccc2)nc2c1c(=O)n(C)c(=O)n2C. The Kier molecular flexibility index (Phi) is 6.60. The van der Waals surface area contributed by atoms with E-state index in [4.69, 9.17) is 4.74 Å². The maximum Gasteiger partial charge on any atom is 0.332 e. The van der Waals surface area contributed by atoms with Gasteiger partial charge in [-0.2, -0.15) is 10.1 Å². The summed E-state index contributed by atoms with van der Waals surface area (Å²) in [5.74, 6) is 0.221. The molecule has 0 bridgehead atoms. The van der Waals surface area contributed by atoms with Crippen LogP contribution in [0.15, 0.2) is 57.7 Å². The van der Waals surface area contributed by atoms with E-state index in [1.165, 1.54) is 23.2 Å². The number of nitrogens with one attached hydrogen (secondary N) is 1. The highest BCUT2D eigenvalue weighted by molar-refractivity contribution is 5.80. The second-order valence-corrected chi connectivity index (χ2v) is 6.68. The number of anilines is 1. The van der Waals surface area contributed by atoms with Gasteiger partial charge in [-0.3, -0.25) is 13.9 Å². The minimum Gasteiger partial charge on any atom is -0.389 e. The van der Waals surface area contributed by atoms with E-state index in [9.17, 15) is 14.7 Å². The Morgan fingerprint density at radius 2 is 2.00 bits per heavy atom. The van der Waals surface area contributed by atoms with Gasteiger partial charge < -0.3 is 14.4 Å². The van der Waals surface area contributed by atoms with Crippen molar-refractivity contribution in [1.29, 1.82) is 0 Å². The quantitative estimate of drug-likeness (QED) is 0.228. The van der Waals surface area contributed by atoms with E-state index in [2.05, 4.69) is 22.1 Å². The first-order valence-electron chi connectivity index (χ1n) is 9.31. The predicted molar refractivity (Wildman–Crippen MR) is 115 cm³/mol. The Morgan fingerprint density at radius 1 is 1.27 bits per heavy atom. The summed E-state index contributed by atoms with van der Waals surface area (Å²) in [5.41, 5.74) is 3.04. The summed E-state index contributed by atoms with van der Waals surface area (Å²) >= 11 is 0. The average Bonchev–Trinajstić information content (AvgIpc) is 3.10. The molecule has 2 heterocycles. The van der Waals surface area contributed by atoms with Crippen molar-refractivity contribution in [3.8, 4) is 0 Å². The van der Waals surface area contributed by atoms with Crippen LogP contribution in [-0.4, -0.2) is 49.3 Å². The zero-order chi connectivity index (χ0) is 21.7. The Balaban J connectivity index is 2.01. The van der Waals surface area contributed by atoms with E-state index in [-0.39, 0.29) is 30.3 Å². The van der Waals surface area contributed by atoms with Crippen LogP contribution in [-0.2, 0) is 25.4 Å². The minimum atomic E-state index is -0.914. The lowest BCUT2D eigenvalue weighted by atomic mass is 10.2. The molecule has 0 radical (unpaired) electrons. The van der Waals surface area contributed by atoms with Gasteiger partial charge in [0.1, 0.15) is 0 Å². The highest BCUT2D eigenvalue weighted by Crippen LogP contribution is 2.16. The number of hydrazone groups is 1. The van der Waals surface area contributed by atoms with Crippen molar-refractivity contribution in [3.05, 3.63) is 69.4 Å². The Bertz CT molecular complexity index is 1180. The number of aromatic nitrogens is 4. The number of fused-ring (bicyclic) bond motifs is 1. The largest absolute Gasteiger partial charge is 0.389 e. The van der Waals surface area contributed by atoms with Gasteiger partial charge in [-0.25, -0.2) is 10.2 Å². The summed E-state index contributed by atoms with van der Waals surface area (Å²) < 4.78 is 9.07. The van der Waals surface area contributed by atoms with Gasteiger partial charge in [0.25, 0.3) is 5.56 Å². The number of imidazole rings is 1. The molecule has 10 heteroatoms. The molecule has 30 heavy (non-hydrogen) atoms. The van der Waals surface area contributed by atoms with Crippen LogP contribution in [0.25, 0.3) is 11.2 Å². The Hall–Kier alpha value is -3.50. The van der Waals surface area contributed by atoms with Crippen LogP contribution in [0.2, 0.25) is 0 Å². The van der Waals surface area contributed by atoms with Crippen LogP contribution >= 0.6 is 0 Å². The number of aliphatic hydroxyl groups excluding tert-OH is 1. The Labute approximate surface area is 172 Å². The molecule has 0 aliphatic carbocycles. The molecule has 158 valence electrons.